The van der Waals surface area contributed by atoms with Gasteiger partial charge in [0.05, 0.1) is 6.54 Å². The van der Waals surface area contributed by atoms with Crippen LogP contribution in [0.3, 0.4) is 0 Å². The molecule has 0 spiro atoms. The smallest absolute Gasteiger partial charge is 0.275 e. The zero-order valence-electron chi connectivity index (χ0n) is 11.7. The van der Waals surface area contributed by atoms with Crippen molar-refractivity contribution < 1.29 is 9.18 Å². The Kier molecular flexibility index (Phi) is 3.50. The summed E-state index contributed by atoms with van der Waals surface area (Å²) in [7, 11) is 0. The third-order valence-corrected chi connectivity index (χ3v) is 3.52. The van der Waals surface area contributed by atoms with E-state index in [-0.39, 0.29) is 24.5 Å². The van der Waals surface area contributed by atoms with Gasteiger partial charge in [0, 0.05) is 23.3 Å². The maximum absolute atomic E-state index is 13.8. The lowest BCUT2D eigenvalue weighted by Gasteiger charge is -2.08. The van der Waals surface area contributed by atoms with E-state index in [9.17, 15) is 14.0 Å². The van der Waals surface area contributed by atoms with E-state index in [0.29, 0.717) is 11.1 Å². The predicted molar refractivity (Wildman–Crippen MR) is 80.9 cm³/mol. The van der Waals surface area contributed by atoms with Crippen LogP contribution < -0.4 is 11.3 Å². The number of rotatable bonds is 4. The Labute approximate surface area is 125 Å². The predicted octanol–water partition coefficient (Wildman–Crippen LogP) is 1.48. The number of hydrogen-bond donors (Lipinski definition) is 1. The normalized spacial score (nSPS) is 11.0. The molecule has 22 heavy (non-hydrogen) atoms. The van der Waals surface area contributed by atoms with Crippen molar-refractivity contribution in [2.24, 2.45) is 5.73 Å². The van der Waals surface area contributed by atoms with Gasteiger partial charge in [0.2, 0.25) is 5.91 Å². The SMILES string of the molecule is NC(=O)Cn1ccc2ccn(Cc3ccccc3F)c2c1=O. The van der Waals surface area contributed by atoms with Crippen molar-refractivity contribution in [1.29, 1.82) is 0 Å². The lowest BCUT2D eigenvalue weighted by atomic mass is 10.2. The fraction of sp³-hybridized carbons (Fsp3) is 0.125. The molecule has 2 aromatic heterocycles. The van der Waals surface area contributed by atoms with Gasteiger partial charge in [-0.15, -0.1) is 0 Å². The average Bonchev–Trinajstić information content (AvgIpc) is 2.88. The summed E-state index contributed by atoms with van der Waals surface area (Å²) in [4.78, 5) is 23.5. The van der Waals surface area contributed by atoms with Gasteiger partial charge in [-0.2, -0.15) is 0 Å². The van der Waals surface area contributed by atoms with Crippen molar-refractivity contribution in [2.75, 3.05) is 0 Å². The van der Waals surface area contributed by atoms with Crippen LogP contribution in [0.25, 0.3) is 10.9 Å². The van der Waals surface area contributed by atoms with Crippen LogP contribution in [0.1, 0.15) is 5.56 Å². The Morgan fingerprint density at radius 3 is 2.45 bits per heavy atom. The number of carbonyl (C=O) groups excluding carboxylic acids is 1. The summed E-state index contributed by atoms with van der Waals surface area (Å²) in [6.45, 7) is 0.0612. The zero-order chi connectivity index (χ0) is 15.7. The quantitative estimate of drug-likeness (QED) is 0.792. The Balaban J connectivity index is 2.09. The number of hydrogen-bond acceptors (Lipinski definition) is 2. The average molecular weight is 299 g/mol. The number of carbonyl (C=O) groups is 1. The van der Waals surface area contributed by atoms with Crippen LogP contribution in [-0.4, -0.2) is 15.0 Å². The molecule has 5 nitrogen and oxygen atoms in total. The van der Waals surface area contributed by atoms with E-state index in [2.05, 4.69) is 0 Å². The second-order valence-corrected chi connectivity index (χ2v) is 5.05. The largest absolute Gasteiger partial charge is 0.368 e. The van der Waals surface area contributed by atoms with Crippen LogP contribution >= 0.6 is 0 Å². The second-order valence-electron chi connectivity index (χ2n) is 5.05. The molecule has 112 valence electrons. The summed E-state index contributed by atoms with van der Waals surface area (Å²) in [5.41, 5.74) is 5.73. The molecular formula is C16H14FN3O2. The Bertz CT molecular complexity index is 911. The van der Waals surface area contributed by atoms with Crippen LogP contribution in [0, 0.1) is 5.82 Å². The maximum Gasteiger partial charge on any atom is 0.275 e. The molecule has 0 radical (unpaired) electrons. The summed E-state index contributed by atoms with van der Waals surface area (Å²) in [6.07, 6.45) is 3.26. The standard InChI is InChI=1S/C16H14FN3O2/c17-13-4-2-1-3-12(13)9-19-7-5-11-6-8-20(10-14(18)21)16(22)15(11)19/h1-8H,9-10H2,(H2,18,21). The fourth-order valence-electron chi connectivity index (χ4n) is 2.48. The molecule has 0 fully saturated rings. The minimum absolute atomic E-state index is 0.181. The van der Waals surface area contributed by atoms with E-state index in [1.165, 1.54) is 16.8 Å². The Morgan fingerprint density at radius 1 is 1.09 bits per heavy atom. The number of halogens is 1. The van der Waals surface area contributed by atoms with Gasteiger partial charge in [0.25, 0.3) is 5.56 Å². The van der Waals surface area contributed by atoms with Gasteiger partial charge in [-0.25, -0.2) is 4.39 Å². The van der Waals surface area contributed by atoms with E-state index in [0.717, 1.165) is 5.39 Å². The summed E-state index contributed by atoms with van der Waals surface area (Å²) in [5, 5.41) is 0.738. The molecule has 2 N–H and O–H groups in total. The molecule has 0 aliphatic heterocycles. The summed E-state index contributed by atoms with van der Waals surface area (Å²) in [6, 6.07) is 9.93. The lowest BCUT2D eigenvalue weighted by Crippen LogP contribution is -2.28. The molecule has 2 heterocycles. The zero-order valence-corrected chi connectivity index (χ0v) is 11.7. The minimum atomic E-state index is -0.589. The second kappa shape index (κ2) is 5.48. The van der Waals surface area contributed by atoms with Crippen LogP contribution in [0.5, 0.6) is 0 Å². The van der Waals surface area contributed by atoms with Crippen molar-refractivity contribution in [3.8, 4) is 0 Å². The highest BCUT2D eigenvalue weighted by atomic mass is 19.1. The van der Waals surface area contributed by atoms with Crippen LogP contribution in [-0.2, 0) is 17.9 Å². The van der Waals surface area contributed by atoms with Crippen LogP contribution in [0.2, 0.25) is 0 Å². The molecule has 0 saturated carbocycles. The summed E-state index contributed by atoms with van der Waals surface area (Å²) in [5.74, 6) is -0.911. The molecule has 0 aliphatic rings. The van der Waals surface area contributed by atoms with E-state index >= 15 is 0 Å². The number of fused-ring (bicyclic) bond motifs is 1. The van der Waals surface area contributed by atoms with Gasteiger partial charge in [0.15, 0.2) is 0 Å². The van der Waals surface area contributed by atoms with Crippen molar-refractivity contribution in [3.05, 3.63) is 70.5 Å². The first kappa shape index (κ1) is 14.1. The van der Waals surface area contributed by atoms with E-state index in [1.807, 2.05) is 0 Å². The highest BCUT2D eigenvalue weighted by Gasteiger charge is 2.11. The minimum Gasteiger partial charge on any atom is -0.368 e. The van der Waals surface area contributed by atoms with E-state index < -0.39 is 5.91 Å². The molecule has 0 aliphatic carbocycles. The van der Waals surface area contributed by atoms with Crippen LogP contribution in [0.4, 0.5) is 4.39 Å². The lowest BCUT2D eigenvalue weighted by molar-refractivity contribution is -0.118. The first-order valence-electron chi connectivity index (χ1n) is 6.76. The van der Waals surface area contributed by atoms with Gasteiger partial charge >= 0.3 is 0 Å². The van der Waals surface area contributed by atoms with Crippen LogP contribution in [0.15, 0.2) is 53.6 Å². The molecule has 0 bridgehead atoms. The number of pyridine rings is 1. The summed E-state index contributed by atoms with van der Waals surface area (Å²) >= 11 is 0. The van der Waals surface area contributed by atoms with Crippen molar-refractivity contribution in [2.45, 2.75) is 13.1 Å². The molecule has 0 atom stereocenters. The molecule has 3 aromatic rings. The third kappa shape index (κ3) is 2.50. The van der Waals surface area contributed by atoms with Gasteiger partial charge in [0.1, 0.15) is 17.9 Å². The summed E-state index contributed by atoms with van der Waals surface area (Å²) < 4.78 is 16.7. The third-order valence-electron chi connectivity index (χ3n) is 3.52. The molecule has 3 rings (SSSR count). The topological polar surface area (TPSA) is 70.0 Å². The van der Waals surface area contributed by atoms with Crippen molar-refractivity contribution in [1.82, 2.24) is 9.13 Å². The number of nitrogens with two attached hydrogens (primary N) is 1. The van der Waals surface area contributed by atoms with Gasteiger partial charge in [-0.3, -0.25) is 9.59 Å². The highest BCUT2D eigenvalue weighted by Crippen LogP contribution is 2.15. The first-order chi connectivity index (χ1) is 10.6. The number of aromatic nitrogens is 2. The highest BCUT2D eigenvalue weighted by molar-refractivity contribution is 5.80. The monoisotopic (exact) mass is 299 g/mol. The Hall–Kier alpha value is -2.89. The van der Waals surface area contributed by atoms with Gasteiger partial charge < -0.3 is 14.9 Å². The fourth-order valence-corrected chi connectivity index (χ4v) is 2.48. The number of primary amides is 1. The molecule has 1 amide bonds. The first-order valence-corrected chi connectivity index (χ1v) is 6.76. The maximum atomic E-state index is 13.8. The van der Waals surface area contributed by atoms with Gasteiger partial charge in [-0.05, 0) is 18.2 Å². The molecule has 0 unspecified atom stereocenters. The van der Waals surface area contributed by atoms with E-state index in [1.54, 1.807) is 41.1 Å². The van der Waals surface area contributed by atoms with Crippen molar-refractivity contribution in [3.63, 3.8) is 0 Å². The molecule has 6 heteroatoms. The molecule has 0 saturated heterocycles. The number of nitrogens with zero attached hydrogens (tertiary/aromatic N) is 2. The van der Waals surface area contributed by atoms with Gasteiger partial charge in [-0.1, -0.05) is 18.2 Å². The van der Waals surface area contributed by atoms with E-state index in [4.69, 9.17) is 5.73 Å². The number of benzene rings is 1. The number of amides is 1. The Morgan fingerprint density at radius 2 is 1.77 bits per heavy atom. The molecular weight excluding hydrogens is 285 g/mol. The molecule has 1 aromatic carbocycles. The van der Waals surface area contributed by atoms with Crippen molar-refractivity contribution >= 4 is 16.8 Å².